The van der Waals surface area contributed by atoms with Gasteiger partial charge in [0.05, 0.1) is 19.6 Å². The molecule has 0 aromatic heterocycles. The van der Waals surface area contributed by atoms with Gasteiger partial charge in [-0.2, -0.15) is 0 Å². The van der Waals surface area contributed by atoms with E-state index in [9.17, 15) is 4.79 Å². The molecule has 0 heterocycles. The highest BCUT2D eigenvalue weighted by Gasteiger charge is 2.07. The molecule has 0 fully saturated rings. The summed E-state index contributed by atoms with van der Waals surface area (Å²) in [5, 5.41) is 6.33. The number of nitrogens with one attached hydrogen (secondary N) is 2. The highest BCUT2D eigenvalue weighted by molar-refractivity contribution is 5.80. The Kier molecular flexibility index (Phi) is 6.43. The lowest BCUT2D eigenvalue weighted by Crippen LogP contribution is -2.39. The monoisotopic (exact) mass is 263 g/mol. The van der Waals surface area contributed by atoms with Crippen LogP contribution in [0.3, 0.4) is 0 Å². The maximum atomic E-state index is 11.0. The number of esters is 1. The fourth-order valence-electron chi connectivity index (χ4n) is 1.61. The molecule has 0 aliphatic rings. The van der Waals surface area contributed by atoms with Crippen molar-refractivity contribution >= 4 is 11.9 Å². The van der Waals surface area contributed by atoms with Gasteiger partial charge in [-0.3, -0.25) is 9.79 Å². The zero-order valence-electron chi connectivity index (χ0n) is 11.6. The third-order valence-electron chi connectivity index (χ3n) is 2.73. The van der Waals surface area contributed by atoms with Crippen molar-refractivity contribution < 1.29 is 9.53 Å². The number of methoxy groups -OCH3 is 1. The van der Waals surface area contributed by atoms with Crippen LogP contribution < -0.4 is 10.6 Å². The van der Waals surface area contributed by atoms with Gasteiger partial charge in [0.25, 0.3) is 0 Å². The molecule has 2 N–H and O–H groups in total. The second-order valence-electron chi connectivity index (χ2n) is 4.10. The van der Waals surface area contributed by atoms with Crippen LogP contribution in [-0.4, -0.2) is 32.6 Å². The first kappa shape index (κ1) is 15.0. The molecule has 0 aliphatic heterocycles. The lowest BCUT2D eigenvalue weighted by molar-refractivity contribution is -0.140. The van der Waals surface area contributed by atoms with Crippen molar-refractivity contribution in [1.82, 2.24) is 10.6 Å². The summed E-state index contributed by atoms with van der Waals surface area (Å²) in [5.41, 5.74) is 1.18. The van der Waals surface area contributed by atoms with Crippen molar-refractivity contribution in [1.29, 1.82) is 0 Å². The predicted octanol–water partition coefficient (Wildman–Crippen LogP) is 1.48. The molecule has 1 aromatic rings. The van der Waals surface area contributed by atoms with Crippen LogP contribution in [0.4, 0.5) is 0 Å². The van der Waals surface area contributed by atoms with Gasteiger partial charge in [0.2, 0.25) is 0 Å². The van der Waals surface area contributed by atoms with Gasteiger partial charge in [-0.25, -0.2) is 0 Å². The third-order valence-corrected chi connectivity index (χ3v) is 2.73. The Labute approximate surface area is 114 Å². The average molecular weight is 263 g/mol. The first-order valence-corrected chi connectivity index (χ1v) is 6.26. The van der Waals surface area contributed by atoms with E-state index < -0.39 is 0 Å². The summed E-state index contributed by atoms with van der Waals surface area (Å²) in [6.45, 7) is 2.55. The maximum Gasteiger partial charge on any atom is 0.307 e. The number of ether oxygens (including phenoxy) is 1. The van der Waals surface area contributed by atoms with E-state index in [1.54, 1.807) is 7.05 Å². The molecule has 5 nitrogen and oxygen atoms in total. The molecule has 0 bridgehead atoms. The van der Waals surface area contributed by atoms with Gasteiger partial charge in [-0.1, -0.05) is 30.3 Å². The van der Waals surface area contributed by atoms with Crippen LogP contribution in [0.25, 0.3) is 0 Å². The number of aliphatic imine (C=N–C) groups is 1. The Morgan fingerprint density at radius 2 is 2.05 bits per heavy atom. The molecule has 0 amide bonds. The Bertz CT molecular complexity index is 418. The van der Waals surface area contributed by atoms with E-state index in [2.05, 4.69) is 39.4 Å². The van der Waals surface area contributed by atoms with Crippen molar-refractivity contribution in [2.45, 2.75) is 19.4 Å². The normalized spacial score (nSPS) is 12.7. The summed E-state index contributed by atoms with van der Waals surface area (Å²) < 4.78 is 4.58. The molecular weight excluding hydrogens is 242 g/mol. The first-order chi connectivity index (χ1) is 9.17. The van der Waals surface area contributed by atoms with Crippen LogP contribution in [0, 0.1) is 0 Å². The van der Waals surface area contributed by atoms with E-state index in [0.717, 1.165) is 0 Å². The molecule has 104 valence electrons. The van der Waals surface area contributed by atoms with Crippen molar-refractivity contribution in [3.8, 4) is 0 Å². The van der Waals surface area contributed by atoms with Crippen molar-refractivity contribution in [2.24, 2.45) is 4.99 Å². The fraction of sp³-hybridized carbons (Fsp3) is 0.429. The predicted molar refractivity (Wildman–Crippen MR) is 76.0 cm³/mol. The zero-order valence-corrected chi connectivity index (χ0v) is 11.6. The molecule has 0 radical (unpaired) electrons. The van der Waals surface area contributed by atoms with Gasteiger partial charge in [-0.05, 0) is 12.5 Å². The van der Waals surface area contributed by atoms with Gasteiger partial charge < -0.3 is 15.4 Å². The Balaban J connectivity index is 2.43. The van der Waals surface area contributed by atoms with Crippen LogP contribution in [0.1, 0.15) is 24.9 Å². The minimum atomic E-state index is -0.237. The number of guanidine groups is 1. The van der Waals surface area contributed by atoms with Gasteiger partial charge in [0.15, 0.2) is 5.96 Å². The molecule has 0 spiro atoms. The average Bonchev–Trinajstić information content (AvgIpc) is 2.46. The number of carbonyl (C=O) groups is 1. The number of benzene rings is 1. The lowest BCUT2D eigenvalue weighted by atomic mass is 10.1. The van der Waals surface area contributed by atoms with Crippen molar-refractivity contribution in [2.75, 3.05) is 20.7 Å². The quantitative estimate of drug-likeness (QED) is 0.480. The summed E-state index contributed by atoms with van der Waals surface area (Å²) in [4.78, 5) is 15.1. The molecule has 0 aliphatic carbocycles. The fourth-order valence-corrected chi connectivity index (χ4v) is 1.61. The molecule has 5 heteroatoms. The maximum absolute atomic E-state index is 11.0. The van der Waals surface area contributed by atoms with Crippen LogP contribution in [0.5, 0.6) is 0 Å². The topological polar surface area (TPSA) is 62.7 Å². The summed E-state index contributed by atoms with van der Waals surface area (Å²) in [6.07, 6.45) is 0.316. The molecule has 1 atom stereocenters. The van der Waals surface area contributed by atoms with E-state index in [1.165, 1.54) is 12.7 Å². The summed E-state index contributed by atoms with van der Waals surface area (Å²) in [6, 6.07) is 10.2. The molecule has 0 saturated carbocycles. The lowest BCUT2D eigenvalue weighted by Gasteiger charge is -2.18. The molecule has 1 unspecified atom stereocenters. The Morgan fingerprint density at radius 3 is 2.63 bits per heavy atom. The van der Waals surface area contributed by atoms with Gasteiger partial charge in [0.1, 0.15) is 0 Å². The second-order valence-corrected chi connectivity index (χ2v) is 4.10. The van der Waals surface area contributed by atoms with Crippen LogP contribution in [0.2, 0.25) is 0 Å². The van der Waals surface area contributed by atoms with Crippen LogP contribution >= 0.6 is 0 Å². The molecule has 1 aromatic carbocycles. The Morgan fingerprint density at radius 1 is 1.37 bits per heavy atom. The van der Waals surface area contributed by atoms with Crippen molar-refractivity contribution in [3.63, 3.8) is 0 Å². The van der Waals surface area contributed by atoms with E-state index in [1.807, 2.05) is 18.2 Å². The standard InChI is InChI=1S/C14H21N3O2/c1-11(12-7-5-4-6-8-12)17-14(15-2)16-10-9-13(18)19-3/h4-8,11H,9-10H2,1-3H3,(H2,15,16,17). The highest BCUT2D eigenvalue weighted by Crippen LogP contribution is 2.10. The molecular formula is C14H21N3O2. The van der Waals surface area contributed by atoms with Crippen molar-refractivity contribution in [3.05, 3.63) is 35.9 Å². The van der Waals surface area contributed by atoms with Gasteiger partial charge >= 0.3 is 5.97 Å². The SMILES string of the molecule is CN=C(NCCC(=O)OC)NC(C)c1ccccc1. The van der Waals surface area contributed by atoms with Gasteiger partial charge in [-0.15, -0.1) is 0 Å². The molecule has 0 saturated heterocycles. The molecule has 1 rings (SSSR count). The third kappa shape index (κ3) is 5.42. The minimum absolute atomic E-state index is 0.144. The van der Waals surface area contributed by atoms with E-state index in [4.69, 9.17) is 0 Å². The highest BCUT2D eigenvalue weighted by atomic mass is 16.5. The van der Waals surface area contributed by atoms with Gasteiger partial charge in [0, 0.05) is 13.6 Å². The number of rotatable bonds is 5. The van der Waals surface area contributed by atoms with E-state index in [0.29, 0.717) is 18.9 Å². The van der Waals surface area contributed by atoms with Crippen LogP contribution in [0.15, 0.2) is 35.3 Å². The van der Waals surface area contributed by atoms with Crippen LogP contribution in [-0.2, 0) is 9.53 Å². The zero-order chi connectivity index (χ0) is 14.1. The first-order valence-electron chi connectivity index (χ1n) is 6.26. The minimum Gasteiger partial charge on any atom is -0.469 e. The molecule has 19 heavy (non-hydrogen) atoms. The largest absolute Gasteiger partial charge is 0.469 e. The number of nitrogens with zero attached hydrogens (tertiary/aromatic N) is 1. The number of hydrogen-bond acceptors (Lipinski definition) is 3. The van der Waals surface area contributed by atoms with E-state index in [-0.39, 0.29) is 12.0 Å². The number of hydrogen-bond donors (Lipinski definition) is 2. The number of carbonyl (C=O) groups excluding carboxylic acids is 1. The second kappa shape index (κ2) is 8.13. The summed E-state index contributed by atoms with van der Waals surface area (Å²) >= 11 is 0. The smallest absolute Gasteiger partial charge is 0.307 e. The Hall–Kier alpha value is -2.04. The van der Waals surface area contributed by atoms with E-state index >= 15 is 0 Å². The summed E-state index contributed by atoms with van der Waals surface area (Å²) in [5.74, 6) is 0.430. The summed E-state index contributed by atoms with van der Waals surface area (Å²) in [7, 11) is 3.08.